The summed E-state index contributed by atoms with van der Waals surface area (Å²) in [6.45, 7) is 3.60. The number of nitrogens with zero attached hydrogens (tertiary/aromatic N) is 3. The number of hydrogen-bond donors (Lipinski definition) is 0. The van der Waals surface area contributed by atoms with E-state index in [1.54, 1.807) is 6.20 Å². The van der Waals surface area contributed by atoms with Gasteiger partial charge in [0.25, 0.3) is 5.91 Å². The molecular formula is C24H29N3O2. The zero-order chi connectivity index (χ0) is 19.6. The van der Waals surface area contributed by atoms with Crippen LogP contribution in [0.4, 0.5) is 5.82 Å². The minimum absolute atomic E-state index is 0.0812. The number of aromatic nitrogens is 1. The van der Waals surface area contributed by atoms with Crippen molar-refractivity contribution in [1.29, 1.82) is 0 Å². The Morgan fingerprint density at radius 2 is 1.62 bits per heavy atom. The lowest BCUT2D eigenvalue weighted by Gasteiger charge is -2.32. The van der Waals surface area contributed by atoms with Gasteiger partial charge >= 0.3 is 0 Å². The fourth-order valence-electron chi connectivity index (χ4n) is 4.43. The van der Waals surface area contributed by atoms with Gasteiger partial charge < -0.3 is 14.5 Å². The van der Waals surface area contributed by atoms with Gasteiger partial charge in [-0.1, -0.05) is 12.1 Å². The second-order valence-electron chi connectivity index (χ2n) is 8.55. The molecule has 2 saturated heterocycles. The Bertz CT molecular complexity index is 831. The van der Waals surface area contributed by atoms with Crippen LogP contribution in [0.25, 0.3) is 0 Å². The zero-order valence-corrected chi connectivity index (χ0v) is 16.9. The van der Waals surface area contributed by atoms with Gasteiger partial charge in [0.2, 0.25) is 0 Å². The van der Waals surface area contributed by atoms with E-state index in [-0.39, 0.29) is 12.0 Å². The second-order valence-corrected chi connectivity index (χ2v) is 8.55. The van der Waals surface area contributed by atoms with E-state index in [9.17, 15) is 4.79 Å². The Labute approximate surface area is 172 Å². The summed E-state index contributed by atoms with van der Waals surface area (Å²) in [5, 5.41) is 0. The first kappa shape index (κ1) is 18.5. The highest BCUT2D eigenvalue weighted by atomic mass is 16.5. The number of anilines is 1. The highest BCUT2D eigenvalue weighted by molar-refractivity contribution is 5.94. The van der Waals surface area contributed by atoms with Gasteiger partial charge in [0.1, 0.15) is 17.7 Å². The largest absolute Gasteiger partial charge is 0.490 e. The van der Waals surface area contributed by atoms with Crippen molar-refractivity contribution in [2.75, 3.05) is 31.1 Å². The van der Waals surface area contributed by atoms with Crippen LogP contribution >= 0.6 is 0 Å². The number of benzene rings is 1. The van der Waals surface area contributed by atoms with Gasteiger partial charge in [0, 0.05) is 45.2 Å². The molecule has 3 heterocycles. The molecule has 2 aliphatic heterocycles. The molecule has 152 valence electrons. The van der Waals surface area contributed by atoms with Crippen molar-refractivity contribution in [3.05, 3.63) is 53.7 Å². The van der Waals surface area contributed by atoms with Crippen LogP contribution in [0.3, 0.4) is 0 Å². The predicted molar refractivity (Wildman–Crippen MR) is 114 cm³/mol. The van der Waals surface area contributed by atoms with Gasteiger partial charge in [0.05, 0.1) is 5.56 Å². The van der Waals surface area contributed by atoms with Crippen molar-refractivity contribution in [2.24, 2.45) is 0 Å². The number of hydrogen-bond acceptors (Lipinski definition) is 4. The molecule has 1 aromatic heterocycles. The van der Waals surface area contributed by atoms with Crippen molar-refractivity contribution < 1.29 is 9.53 Å². The van der Waals surface area contributed by atoms with Crippen LogP contribution in [0.15, 0.2) is 42.6 Å². The van der Waals surface area contributed by atoms with Crippen LogP contribution in [0.1, 0.15) is 60.4 Å². The molecule has 1 aliphatic carbocycles. The average molecular weight is 392 g/mol. The molecule has 0 atom stereocenters. The topological polar surface area (TPSA) is 45.7 Å². The zero-order valence-electron chi connectivity index (χ0n) is 16.9. The molecule has 29 heavy (non-hydrogen) atoms. The monoisotopic (exact) mass is 391 g/mol. The molecule has 1 saturated carbocycles. The fourth-order valence-corrected chi connectivity index (χ4v) is 4.43. The van der Waals surface area contributed by atoms with E-state index in [0.29, 0.717) is 5.56 Å². The maximum Gasteiger partial charge on any atom is 0.255 e. The lowest BCUT2D eigenvalue weighted by atomic mass is 10.1. The fraction of sp³-hybridized carbons (Fsp3) is 0.500. The summed E-state index contributed by atoms with van der Waals surface area (Å²) in [6, 6.07) is 12.5. The van der Waals surface area contributed by atoms with Gasteiger partial charge in [-0.3, -0.25) is 4.79 Å². The van der Waals surface area contributed by atoms with Crippen LogP contribution in [0.5, 0.6) is 5.75 Å². The second kappa shape index (κ2) is 8.05. The third-order valence-electron chi connectivity index (χ3n) is 6.39. The molecule has 0 unspecified atom stereocenters. The van der Waals surface area contributed by atoms with Crippen LogP contribution in [-0.2, 0) is 0 Å². The molecule has 0 radical (unpaired) electrons. The van der Waals surface area contributed by atoms with Crippen molar-refractivity contribution in [3.63, 3.8) is 0 Å². The third-order valence-corrected chi connectivity index (χ3v) is 6.39. The van der Waals surface area contributed by atoms with E-state index in [1.807, 2.05) is 17.0 Å². The summed E-state index contributed by atoms with van der Waals surface area (Å²) >= 11 is 0. The minimum atomic E-state index is 0.0812. The van der Waals surface area contributed by atoms with Crippen molar-refractivity contribution in [3.8, 4) is 5.75 Å². The first-order valence-corrected chi connectivity index (χ1v) is 11.0. The minimum Gasteiger partial charge on any atom is -0.490 e. The van der Waals surface area contributed by atoms with Crippen LogP contribution in [0, 0.1) is 0 Å². The average Bonchev–Trinajstić information content (AvgIpc) is 3.48. The quantitative estimate of drug-likeness (QED) is 0.765. The number of piperidine rings is 1. The van der Waals surface area contributed by atoms with E-state index in [4.69, 9.17) is 4.74 Å². The molecule has 5 rings (SSSR count). The summed E-state index contributed by atoms with van der Waals surface area (Å²) < 4.78 is 6.16. The van der Waals surface area contributed by atoms with E-state index in [2.05, 4.69) is 34.1 Å². The van der Waals surface area contributed by atoms with E-state index in [0.717, 1.165) is 56.5 Å². The maximum absolute atomic E-state index is 12.8. The first-order valence-electron chi connectivity index (χ1n) is 11.0. The van der Waals surface area contributed by atoms with Crippen LogP contribution in [-0.4, -0.2) is 48.1 Å². The number of ether oxygens (including phenoxy) is 1. The molecule has 1 amide bonds. The molecule has 0 N–H and O–H groups in total. The Morgan fingerprint density at radius 3 is 2.24 bits per heavy atom. The summed E-state index contributed by atoms with van der Waals surface area (Å²) in [5.41, 5.74) is 2.12. The van der Waals surface area contributed by atoms with E-state index in [1.165, 1.54) is 31.2 Å². The van der Waals surface area contributed by atoms with Gasteiger partial charge in [0.15, 0.2) is 0 Å². The summed E-state index contributed by atoms with van der Waals surface area (Å²) in [4.78, 5) is 21.6. The van der Waals surface area contributed by atoms with Crippen molar-refractivity contribution >= 4 is 11.7 Å². The molecular weight excluding hydrogens is 362 g/mol. The smallest absolute Gasteiger partial charge is 0.255 e. The number of pyridine rings is 1. The van der Waals surface area contributed by atoms with Crippen LogP contribution < -0.4 is 9.64 Å². The molecule has 5 heteroatoms. The number of amides is 1. The third kappa shape index (κ3) is 4.24. The van der Waals surface area contributed by atoms with Crippen molar-refractivity contribution in [1.82, 2.24) is 9.88 Å². The SMILES string of the molecule is O=C(c1ccc(N2CCCC2)nc1)N1CCC(Oc2ccc(C3CC3)cc2)CC1. The molecule has 2 aromatic rings. The predicted octanol–water partition coefficient (Wildman–Crippen LogP) is 4.24. The summed E-state index contributed by atoms with van der Waals surface area (Å²) in [7, 11) is 0. The molecule has 5 nitrogen and oxygen atoms in total. The van der Waals surface area contributed by atoms with Gasteiger partial charge in [-0.25, -0.2) is 4.98 Å². The summed E-state index contributed by atoms with van der Waals surface area (Å²) in [6.07, 6.45) is 8.76. The van der Waals surface area contributed by atoms with Gasteiger partial charge in [-0.2, -0.15) is 0 Å². The number of carbonyl (C=O) groups excluding carboxylic acids is 1. The number of carbonyl (C=O) groups is 1. The Kier molecular flexibility index (Phi) is 5.13. The molecule has 3 fully saturated rings. The highest BCUT2D eigenvalue weighted by Crippen LogP contribution is 2.40. The molecule has 0 bridgehead atoms. The Balaban J connectivity index is 1.13. The standard InChI is InChI=1S/C24H29N3O2/c28-24(20-7-10-23(25-17-20)26-13-1-2-14-26)27-15-11-22(12-16-27)29-21-8-5-19(6-9-21)18-3-4-18/h5-10,17-18,22H,1-4,11-16H2. The Hall–Kier alpha value is -2.56. The molecule has 0 spiro atoms. The van der Waals surface area contributed by atoms with Crippen molar-refractivity contribution in [2.45, 2.75) is 50.5 Å². The Morgan fingerprint density at radius 1 is 0.897 bits per heavy atom. The number of likely N-dealkylation sites (tertiary alicyclic amines) is 1. The van der Waals surface area contributed by atoms with Crippen LogP contribution in [0.2, 0.25) is 0 Å². The van der Waals surface area contributed by atoms with Gasteiger partial charge in [-0.15, -0.1) is 0 Å². The highest BCUT2D eigenvalue weighted by Gasteiger charge is 2.26. The number of rotatable bonds is 5. The lowest BCUT2D eigenvalue weighted by molar-refractivity contribution is 0.0595. The molecule has 1 aromatic carbocycles. The first-order chi connectivity index (χ1) is 14.3. The normalized spacial score (nSPS) is 20.1. The molecule has 3 aliphatic rings. The maximum atomic E-state index is 12.8. The van der Waals surface area contributed by atoms with E-state index < -0.39 is 0 Å². The lowest BCUT2D eigenvalue weighted by Crippen LogP contribution is -2.41. The van der Waals surface area contributed by atoms with Gasteiger partial charge in [-0.05, 0) is 61.4 Å². The summed E-state index contributed by atoms with van der Waals surface area (Å²) in [5.74, 6) is 2.79. The van der Waals surface area contributed by atoms with E-state index >= 15 is 0 Å².